The number of nitrogens with one attached hydrogen (secondary N) is 1. The van der Waals surface area contributed by atoms with Crippen LogP contribution in [0.25, 0.3) is 0 Å². The molecule has 1 fully saturated rings. The van der Waals surface area contributed by atoms with Gasteiger partial charge in [-0.15, -0.1) is 0 Å². The summed E-state index contributed by atoms with van der Waals surface area (Å²) in [6, 6.07) is -0.282. The largest absolute Gasteiger partial charge is 0.357 e. The van der Waals surface area contributed by atoms with E-state index >= 15 is 0 Å². The molecule has 0 spiro atoms. The number of nitrogens with zero attached hydrogens (tertiary/aromatic N) is 1. The maximum atomic E-state index is 11.7. The highest BCUT2D eigenvalue weighted by molar-refractivity contribution is 14.1. The van der Waals surface area contributed by atoms with Crippen molar-refractivity contribution < 1.29 is 9.59 Å². The zero-order chi connectivity index (χ0) is 11.4. The topological polar surface area (TPSA) is 49.4 Å². The van der Waals surface area contributed by atoms with Gasteiger partial charge in [0.2, 0.25) is 11.8 Å². The predicted octanol–water partition coefficient (Wildman–Crippen LogP) is 0.795. The quantitative estimate of drug-likeness (QED) is 0.614. The summed E-state index contributed by atoms with van der Waals surface area (Å²) in [5.74, 6) is 0.476. The monoisotopic (exact) mass is 324 g/mol. The fraction of sp³-hybridized carbons (Fsp3) is 0.800. The third-order valence-electron chi connectivity index (χ3n) is 2.77. The number of halogens is 1. The van der Waals surface area contributed by atoms with E-state index in [0.29, 0.717) is 18.8 Å². The van der Waals surface area contributed by atoms with Crippen molar-refractivity contribution in [1.82, 2.24) is 10.2 Å². The molecule has 1 heterocycles. The Morgan fingerprint density at radius 1 is 1.73 bits per heavy atom. The lowest BCUT2D eigenvalue weighted by Crippen LogP contribution is -2.46. The van der Waals surface area contributed by atoms with E-state index in [1.807, 2.05) is 6.92 Å². The van der Waals surface area contributed by atoms with Crippen LogP contribution in [0.3, 0.4) is 0 Å². The van der Waals surface area contributed by atoms with Gasteiger partial charge in [0, 0.05) is 24.4 Å². The van der Waals surface area contributed by atoms with E-state index in [2.05, 4.69) is 27.9 Å². The molecule has 0 radical (unpaired) electrons. The third-order valence-corrected chi connectivity index (χ3v) is 4.01. The normalized spacial score (nSPS) is 23.0. The van der Waals surface area contributed by atoms with Crippen LogP contribution in [0.2, 0.25) is 0 Å². The number of carbonyl (C=O) groups is 2. The van der Waals surface area contributed by atoms with Gasteiger partial charge in [0.05, 0.1) is 0 Å². The molecule has 86 valence electrons. The number of hydrogen-bond donors (Lipinski definition) is 1. The van der Waals surface area contributed by atoms with Gasteiger partial charge >= 0.3 is 0 Å². The SMILES string of the molecule is CC[C@@H](C(=O)NC)N1C[C@H](CI)CC1=O. The van der Waals surface area contributed by atoms with Crippen LogP contribution in [0.1, 0.15) is 19.8 Å². The van der Waals surface area contributed by atoms with Gasteiger partial charge in [-0.1, -0.05) is 29.5 Å². The number of hydrogen-bond acceptors (Lipinski definition) is 2. The zero-order valence-corrected chi connectivity index (χ0v) is 11.3. The van der Waals surface area contributed by atoms with Crippen LogP contribution in [0.5, 0.6) is 0 Å². The summed E-state index contributed by atoms with van der Waals surface area (Å²) in [5, 5.41) is 2.61. The van der Waals surface area contributed by atoms with Crippen molar-refractivity contribution >= 4 is 34.4 Å². The summed E-state index contributed by atoms with van der Waals surface area (Å²) in [7, 11) is 1.61. The fourth-order valence-corrected chi connectivity index (χ4v) is 2.52. The first kappa shape index (κ1) is 12.7. The number of carbonyl (C=O) groups excluding carboxylic acids is 2. The Labute approximate surface area is 104 Å². The number of likely N-dealkylation sites (tertiary alicyclic amines) is 1. The molecule has 1 N–H and O–H groups in total. The average Bonchev–Trinajstić information content (AvgIpc) is 2.61. The summed E-state index contributed by atoms with van der Waals surface area (Å²) < 4.78 is 0.976. The lowest BCUT2D eigenvalue weighted by molar-refractivity contribution is -0.137. The molecule has 1 saturated heterocycles. The van der Waals surface area contributed by atoms with Crippen molar-refractivity contribution in [1.29, 1.82) is 0 Å². The lowest BCUT2D eigenvalue weighted by atomic mass is 10.1. The van der Waals surface area contributed by atoms with Crippen LogP contribution in [0.4, 0.5) is 0 Å². The van der Waals surface area contributed by atoms with Crippen molar-refractivity contribution in [2.24, 2.45) is 5.92 Å². The summed E-state index contributed by atoms with van der Waals surface area (Å²) >= 11 is 2.29. The fourth-order valence-electron chi connectivity index (χ4n) is 1.93. The van der Waals surface area contributed by atoms with E-state index in [1.165, 1.54) is 0 Å². The molecule has 15 heavy (non-hydrogen) atoms. The van der Waals surface area contributed by atoms with Crippen LogP contribution in [-0.4, -0.2) is 40.8 Å². The highest BCUT2D eigenvalue weighted by atomic mass is 127. The number of amides is 2. The summed E-state index contributed by atoms with van der Waals surface area (Å²) in [4.78, 5) is 25.0. The maximum absolute atomic E-state index is 11.7. The summed E-state index contributed by atoms with van der Waals surface area (Å²) in [6.07, 6.45) is 1.27. The molecule has 1 aliphatic rings. The van der Waals surface area contributed by atoms with Crippen LogP contribution < -0.4 is 5.32 Å². The van der Waals surface area contributed by atoms with Crippen molar-refractivity contribution in [2.45, 2.75) is 25.8 Å². The minimum Gasteiger partial charge on any atom is -0.357 e. The van der Waals surface area contributed by atoms with Crippen LogP contribution in [0.15, 0.2) is 0 Å². The van der Waals surface area contributed by atoms with E-state index in [-0.39, 0.29) is 17.9 Å². The molecule has 2 atom stereocenters. The van der Waals surface area contributed by atoms with Gasteiger partial charge in [-0.25, -0.2) is 0 Å². The molecular formula is C10H17IN2O2. The van der Waals surface area contributed by atoms with E-state index in [9.17, 15) is 9.59 Å². The molecule has 0 bridgehead atoms. The van der Waals surface area contributed by atoms with Crippen molar-refractivity contribution in [2.75, 3.05) is 18.0 Å². The molecular weight excluding hydrogens is 307 g/mol. The van der Waals surface area contributed by atoms with Crippen molar-refractivity contribution in [3.63, 3.8) is 0 Å². The third kappa shape index (κ3) is 2.83. The van der Waals surface area contributed by atoms with Crippen LogP contribution in [0, 0.1) is 5.92 Å². The van der Waals surface area contributed by atoms with Gasteiger partial charge in [-0.3, -0.25) is 9.59 Å². The minimum absolute atomic E-state index is 0.0556. The molecule has 4 nitrogen and oxygen atoms in total. The highest BCUT2D eigenvalue weighted by Gasteiger charge is 2.35. The molecule has 0 unspecified atom stereocenters. The standard InChI is InChI=1S/C10H17IN2O2/c1-3-8(10(15)12-2)13-6-7(5-11)4-9(13)14/h7-8H,3-6H2,1-2H3,(H,12,15)/t7-,8-/m0/s1. The molecule has 2 amide bonds. The first-order chi connectivity index (χ1) is 7.13. The van der Waals surface area contributed by atoms with Gasteiger partial charge in [0.25, 0.3) is 0 Å². The first-order valence-electron chi connectivity index (χ1n) is 5.21. The van der Waals surface area contributed by atoms with Gasteiger partial charge in [0.1, 0.15) is 6.04 Å². The smallest absolute Gasteiger partial charge is 0.242 e. The Balaban J connectivity index is 2.69. The number of rotatable bonds is 4. The highest BCUT2D eigenvalue weighted by Crippen LogP contribution is 2.23. The maximum Gasteiger partial charge on any atom is 0.242 e. The molecule has 1 aliphatic heterocycles. The van der Waals surface area contributed by atoms with E-state index in [0.717, 1.165) is 11.0 Å². The van der Waals surface area contributed by atoms with Crippen LogP contribution in [-0.2, 0) is 9.59 Å². The van der Waals surface area contributed by atoms with E-state index in [4.69, 9.17) is 0 Å². The molecule has 5 heteroatoms. The Bertz CT molecular complexity index is 258. The predicted molar refractivity (Wildman–Crippen MR) is 66.9 cm³/mol. The minimum atomic E-state index is -0.282. The second-order valence-corrected chi connectivity index (χ2v) is 4.69. The molecule has 0 aromatic heterocycles. The molecule has 0 saturated carbocycles. The molecule has 0 aliphatic carbocycles. The van der Waals surface area contributed by atoms with Crippen molar-refractivity contribution in [3.8, 4) is 0 Å². The number of alkyl halides is 1. The molecule has 0 aromatic rings. The number of likely N-dealkylation sites (N-methyl/N-ethyl adjacent to an activating group) is 1. The summed E-state index contributed by atoms with van der Waals surface area (Å²) in [6.45, 7) is 2.66. The van der Waals surface area contributed by atoms with Gasteiger partial charge < -0.3 is 10.2 Å². The van der Waals surface area contributed by atoms with Crippen molar-refractivity contribution in [3.05, 3.63) is 0 Å². The van der Waals surface area contributed by atoms with Crippen LogP contribution >= 0.6 is 22.6 Å². The van der Waals surface area contributed by atoms with E-state index < -0.39 is 0 Å². The Morgan fingerprint density at radius 2 is 2.40 bits per heavy atom. The lowest BCUT2D eigenvalue weighted by Gasteiger charge is -2.25. The van der Waals surface area contributed by atoms with E-state index in [1.54, 1.807) is 11.9 Å². The Kier molecular flexibility index (Phi) is 4.82. The first-order valence-corrected chi connectivity index (χ1v) is 6.73. The second-order valence-electron chi connectivity index (χ2n) is 3.81. The average molecular weight is 324 g/mol. The molecule has 1 rings (SSSR count). The second kappa shape index (κ2) is 5.67. The summed E-state index contributed by atoms with van der Waals surface area (Å²) in [5.41, 5.74) is 0. The van der Waals surface area contributed by atoms with Gasteiger partial charge in [-0.2, -0.15) is 0 Å². The Hall–Kier alpha value is -0.330. The molecule has 0 aromatic carbocycles. The Morgan fingerprint density at radius 3 is 2.80 bits per heavy atom. The zero-order valence-electron chi connectivity index (χ0n) is 9.12. The van der Waals surface area contributed by atoms with Gasteiger partial charge in [-0.05, 0) is 12.3 Å². The van der Waals surface area contributed by atoms with Gasteiger partial charge in [0.15, 0.2) is 0 Å².